The first-order chi connectivity index (χ1) is 25.1. The van der Waals surface area contributed by atoms with Crippen molar-refractivity contribution in [3.8, 4) is 22.6 Å². The fraction of sp³-hybridized carbons (Fsp3) is 0.357. The van der Waals surface area contributed by atoms with Crippen molar-refractivity contribution in [3.05, 3.63) is 120 Å². The Morgan fingerprint density at radius 1 is 0.865 bits per heavy atom. The number of carbonyl (C=O) groups excluding carboxylic acids is 2. The van der Waals surface area contributed by atoms with Crippen LogP contribution in [0.25, 0.3) is 11.1 Å². The minimum absolute atomic E-state index is 0.0273. The van der Waals surface area contributed by atoms with Crippen molar-refractivity contribution in [2.45, 2.75) is 70.6 Å². The number of aliphatic hydroxyl groups is 1. The molecule has 52 heavy (non-hydrogen) atoms. The van der Waals surface area contributed by atoms with Crippen molar-refractivity contribution in [2.24, 2.45) is 4.99 Å². The summed E-state index contributed by atoms with van der Waals surface area (Å²) >= 11 is 0. The van der Waals surface area contributed by atoms with Crippen molar-refractivity contribution in [1.82, 2.24) is 10.9 Å². The lowest BCUT2D eigenvalue weighted by atomic mass is 9.83. The second-order valence-corrected chi connectivity index (χ2v) is 13.5. The summed E-state index contributed by atoms with van der Waals surface area (Å²) in [5, 5.41) is 9.12. The molecule has 2 atom stereocenters. The van der Waals surface area contributed by atoms with Gasteiger partial charge in [-0.25, -0.2) is 10.4 Å². The number of amides is 1. The molecular weight excluding hydrogens is 658 g/mol. The molecule has 1 heterocycles. The number of nitrogens with one attached hydrogen (secondary N) is 2. The average Bonchev–Trinajstić information content (AvgIpc) is 3.54. The molecule has 0 fully saturated rings. The number of rotatable bonds is 17. The monoisotopic (exact) mass is 707 g/mol. The number of hydrazine groups is 1. The molecule has 4 aromatic rings. The van der Waals surface area contributed by atoms with Crippen LogP contribution in [0.15, 0.2) is 108 Å². The number of carbonyl (C=O) groups is 2. The van der Waals surface area contributed by atoms with E-state index >= 15 is 0 Å². The maximum atomic E-state index is 14.5. The normalized spacial score (nSPS) is 16.8. The van der Waals surface area contributed by atoms with Crippen LogP contribution in [0.1, 0.15) is 69.8 Å². The highest BCUT2D eigenvalue weighted by Gasteiger charge is 2.53. The first-order valence-electron chi connectivity index (χ1n) is 17.8. The van der Waals surface area contributed by atoms with Crippen LogP contribution in [0.3, 0.4) is 0 Å². The van der Waals surface area contributed by atoms with Crippen LogP contribution in [-0.2, 0) is 25.5 Å². The third kappa shape index (κ3) is 9.98. The zero-order valence-corrected chi connectivity index (χ0v) is 30.4. The lowest BCUT2D eigenvalue weighted by Gasteiger charge is -2.31. The van der Waals surface area contributed by atoms with Gasteiger partial charge in [-0.15, -0.1) is 0 Å². The van der Waals surface area contributed by atoms with Gasteiger partial charge in [0.2, 0.25) is 5.90 Å². The largest absolute Gasteiger partial charge is 0.494 e. The summed E-state index contributed by atoms with van der Waals surface area (Å²) in [4.78, 5) is 32.7. The molecule has 0 aromatic heterocycles. The minimum Gasteiger partial charge on any atom is -0.494 e. The van der Waals surface area contributed by atoms with Gasteiger partial charge in [0.25, 0.3) is 5.91 Å². The SMILES string of the molecule is CCOc1ccccc1CCNNC(=O)[C@@]1(CCC(=O)OC(C)(C)C)N=C(c2ccc(OCCCO)cc2)O[C@H]1c1ccc(-c2ccccc2)cc1. The highest BCUT2D eigenvalue weighted by atomic mass is 16.6. The third-order valence-electron chi connectivity index (χ3n) is 8.47. The highest BCUT2D eigenvalue weighted by molar-refractivity contribution is 6.01. The zero-order valence-electron chi connectivity index (χ0n) is 30.4. The lowest BCUT2D eigenvalue weighted by molar-refractivity contribution is -0.155. The van der Waals surface area contributed by atoms with E-state index in [9.17, 15) is 9.59 Å². The molecule has 3 N–H and O–H groups in total. The smallest absolute Gasteiger partial charge is 0.306 e. The van der Waals surface area contributed by atoms with E-state index in [4.69, 9.17) is 29.0 Å². The van der Waals surface area contributed by atoms with Gasteiger partial charge in [-0.2, -0.15) is 0 Å². The van der Waals surface area contributed by atoms with Gasteiger partial charge in [0, 0.05) is 31.6 Å². The Morgan fingerprint density at radius 3 is 2.23 bits per heavy atom. The quantitative estimate of drug-likeness (QED) is 0.0625. The number of aliphatic hydroxyl groups excluding tert-OH is 1. The predicted molar refractivity (Wildman–Crippen MR) is 201 cm³/mol. The van der Waals surface area contributed by atoms with Gasteiger partial charge in [-0.1, -0.05) is 72.8 Å². The van der Waals surface area contributed by atoms with Crippen molar-refractivity contribution in [2.75, 3.05) is 26.4 Å². The Bertz CT molecular complexity index is 1790. The summed E-state index contributed by atoms with van der Waals surface area (Å²) in [6.07, 6.45) is 0.215. The molecule has 4 aromatic carbocycles. The summed E-state index contributed by atoms with van der Waals surface area (Å²) in [5.74, 6) is 0.822. The zero-order chi connectivity index (χ0) is 37.0. The Hall–Kier alpha value is -5.19. The molecule has 0 saturated heterocycles. The Balaban J connectivity index is 1.47. The van der Waals surface area contributed by atoms with Gasteiger partial charge in [-0.3, -0.25) is 15.0 Å². The topological polar surface area (TPSA) is 128 Å². The van der Waals surface area contributed by atoms with Crippen molar-refractivity contribution >= 4 is 17.8 Å². The molecule has 1 aliphatic rings. The van der Waals surface area contributed by atoms with E-state index in [0.717, 1.165) is 28.0 Å². The maximum absolute atomic E-state index is 14.5. The van der Waals surface area contributed by atoms with E-state index in [0.29, 0.717) is 43.9 Å². The molecule has 0 unspecified atom stereocenters. The summed E-state index contributed by atoms with van der Waals surface area (Å²) in [7, 11) is 0. The predicted octanol–water partition coefficient (Wildman–Crippen LogP) is 6.76. The van der Waals surface area contributed by atoms with Crippen LogP contribution in [0.2, 0.25) is 0 Å². The number of hydrogen-bond acceptors (Lipinski definition) is 9. The number of para-hydroxylation sites is 1. The van der Waals surface area contributed by atoms with Gasteiger partial charge >= 0.3 is 5.97 Å². The van der Waals surface area contributed by atoms with Gasteiger partial charge < -0.3 is 24.1 Å². The molecular formula is C42H49N3O7. The van der Waals surface area contributed by atoms with E-state index in [1.165, 1.54) is 0 Å². The molecule has 1 amide bonds. The fourth-order valence-corrected chi connectivity index (χ4v) is 5.99. The molecule has 0 spiro atoms. The van der Waals surface area contributed by atoms with Crippen molar-refractivity contribution < 1.29 is 33.6 Å². The molecule has 1 aliphatic heterocycles. The molecule has 0 radical (unpaired) electrons. The van der Waals surface area contributed by atoms with Gasteiger partial charge in [0.05, 0.1) is 13.2 Å². The van der Waals surface area contributed by atoms with E-state index < -0.39 is 29.1 Å². The minimum atomic E-state index is -1.53. The van der Waals surface area contributed by atoms with E-state index in [-0.39, 0.29) is 25.3 Å². The van der Waals surface area contributed by atoms with Gasteiger partial charge in [0.15, 0.2) is 11.6 Å². The molecule has 10 nitrogen and oxygen atoms in total. The number of aliphatic imine (C=N–C) groups is 1. The van der Waals surface area contributed by atoms with Crippen LogP contribution in [0.5, 0.6) is 11.5 Å². The standard InChI is InChI=1S/C42H49N3O7/c1-5-49-36-15-10-9-14-32(36)25-27-43-45-40(48)42(26-24-37(47)52-41(2,3)4)38(33-18-16-31(17-19-33)30-12-7-6-8-13-30)51-39(44-42)34-20-22-35(23-21-34)50-29-11-28-46/h6-10,12-23,38,43,46H,5,11,24-29H2,1-4H3,(H,45,48)/t38-,42-/m0/s1. The van der Waals surface area contributed by atoms with Crippen LogP contribution >= 0.6 is 0 Å². The second-order valence-electron chi connectivity index (χ2n) is 13.5. The maximum Gasteiger partial charge on any atom is 0.306 e. The molecule has 0 bridgehead atoms. The number of nitrogens with zero attached hydrogens (tertiary/aromatic N) is 1. The van der Waals surface area contributed by atoms with Crippen LogP contribution in [-0.4, -0.2) is 60.4 Å². The van der Waals surface area contributed by atoms with Crippen molar-refractivity contribution in [1.29, 1.82) is 0 Å². The number of benzene rings is 4. The number of ether oxygens (including phenoxy) is 4. The summed E-state index contributed by atoms with van der Waals surface area (Å²) in [5.41, 5.74) is 8.21. The fourth-order valence-electron chi connectivity index (χ4n) is 5.99. The summed E-state index contributed by atoms with van der Waals surface area (Å²) in [6.45, 7) is 8.76. The van der Waals surface area contributed by atoms with E-state index in [1.807, 2.05) is 119 Å². The van der Waals surface area contributed by atoms with E-state index in [1.54, 1.807) is 12.1 Å². The lowest BCUT2D eigenvalue weighted by Crippen LogP contribution is -2.53. The molecule has 5 rings (SSSR count). The highest BCUT2D eigenvalue weighted by Crippen LogP contribution is 2.44. The van der Waals surface area contributed by atoms with Crippen LogP contribution in [0.4, 0.5) is 0 Å². The summed E-state index contributed by atoms with van der Waals surface area (Å²) in [6, 6.07) is 32.9. The first kappa shape index (κ1) is 38.1. The van der Waals surface area contributed by atoms with Gasteiger partial charge in [-0.05, 0) is 93.1 Å². The second kappa shape index (κ2) is 17.8. The van der Waals surface area contributed by atoms with Crippen LogP contribution in [0, 0.1) is 0 Å². The van der Waals surface area contributed by atoms with Gasteiger partial charge in [0.1, 0.15) is 17.1 Å². The van der Waals surface area contributed by atoms with E-state index in [2.05, 4.69) is 10.9 Å². The Kier molecular flexibility index (Phi) is 13.1. The number of esters is 1. The first-order valence-corrected chi connectivity index (χ1v) is 17.8. The van der Waals surface area contributed by atoms with Crippen LogP contribution < -0.4 is 20.3 Å². The average molecular weight is 708 g/mol. The molecule has 274 valence electrons. The van der Waals surface area contributed by atoms with Crippen molar-refractivity contribution in [3.63, 3.8) is 0 Å². The molecule has 10 heteroatoms. The summed E-state index contributed by atoms with van der Waals surface area (Å²) < 4.78 is 23.8. The number of hydrogen-bond donors (Lipinski definition) is 3. The third-order valence-corrected chi connectivity index (χ3v) is 8.47. The molecule has 0 aliphatic carbocycles. The molecule has 0 saturated carbocycles. The Labute approximate surface area is 306 Å². The Morgan fingerprint density at radius 2 is 1.54 bits per heavy atom.